The van der Waals surface area contributed by atoms with Crippen molar-refractivity contribution >= 4 is 28.8 Å². The summed E-state index contributed by atoms with van der Waals surface area (Å²) < 4.78 is 26.4. The highest BCUT2D eigenvalue weighted by atomic mass is 32.1. The van der Waals surface area contributed by atoms with Gasteiger partial charge >= 0.3 is 0 Å². The molecule has 3 rings (SSSR count). The van der Waals surface area contributed by atoms with E-state index in [-0.39, 0.29) is 17.5 Å². The van der Waals surface area contributed by atoms with Crippen molar-refractivity contribution in [1.82, 2.24) is 4.90 Å². The minimum atomic E-state index is -0.747. The maximum Gasteiger partial charge on any atom is 0.263 e. The van der Waals surface area contributed by atoms with Crippen LogP contribution in [0.3, 0.4) is 0 Å². The third-order valence-corrected chi connectivity index (χ3v) is 4.80. The maximum absolute atomic E-state index is 13.2. The second kappa shape index (κ2) is 7.09. The lowest BCUT2D eigenvalue weighted by Gasteiger charge is -2.31. The van der Waals surface area contributed by atoms with E-state index in [9.17, 15) is 18.4 Å². The fourth-order valence-corrected chi connectivity index (χ4v) is 3.49. The molecule has 1 unspecified atom stereocenters. The van der Waals surface area contributed by atoms with Gasteiger partial charge in [-0.3, -0.25) is 9.59 Å². The summed E-state index contributed by atoms with van der Waals surface area (Å²) in [5, 5.41) is 4.37. The van der Waals surface area contributed by atoms with Crippen LogP contribution >= 0.6 is 11.3 Å². The molecule has 1 saturated heterocycles. The maximum atomic E-state index is 13.2. The predicted octanol–water partition coefficient (Wildman–Crippen LogP) is 3.52. The topological polar surface area (TPSA) is 49.4 Å². The molecule has 0 radical (unpaired) electrons. The Hall–Kier alpha value is -2.28. The third kappa shape index (κ3) is 3.79. The molecule has 0 saturated carbocycles. The summed E-state index contributed by atoms with van der Waals surface area (Å²) in [6.07, 6.45) is 1.35. The molecule has 1 N–H and O–H groups in total. The van der Waals surface area contributed by atoms with Crippen molar-refractivity contribution in [3.63, 3.8) is 0 Å². The zero-order valence-corrected chi connectivity index (χ0v) is 13.6. The van der Waals surface area contributed by atoms with Crippen LogP contribution in [0.25, 0.3) is 0 Å². The van der Waals surface area contributed by atoms with Crippen molar-refractivity contribution in [3.05, 3.63) is 52.2 Å². The van der Waals surface area contributed by atoms with Gasteiger partial charge in [-0.25, -0.2) is 8.78 Å². The van der Waals surface area contributed by atoms with Crippen LogP contribution in [0, 0.1) is 17.6 Å². The van der Waals surface area contributed by atoms with Gasteiger partial charge in [0.05, 0.1) is 10.8 Å². The standard InChI is InChI=1S/C17H16F2N2O2S/c18-12-7-13(19)9-14(8-12)20-16(22)11-3-1-5-21(10-11)17(23)15-4-2-6-24-15/h2,4,6-9,11H,1,3,5,10H2,(H,20,22). The van der Waals surface area contributed by atoms with Gasteiger partial charge in [-0.15, -0.1) is 11.3 Å². The molecule has 126 valence electrons. The van der Waals surface area contributed by atoms with E-state index in [0.29, 0.717) is 30.8 Å². The van der Waals surface area contributed by atoms with Crippen molar-refractivity contribution < 1.29 is 18.4 Å². The number of thiophene rings is 1. The van der Waals surface area contributed by atoms with Gasteiger partial charge in [-0.1, -0.05) is 6.07 Å². The van der Waals surface area contributed by atoms with Gasteiger partial charge < -0.3 is 10.2 Å². The number of hydrogen-bond acceptors (Lipinski definition) is 3. The Morgan fingerprint density at radius 1 is 1.21 bits per heavy atom. The summed E-state index contributed by atoms with van der Waals surface area (Å²) >= 11 is 1.37. The van der Waals surface area contributed by atoms with Gasteiger partial charge in [0.15, 0.2) is 0 Å². The molecule has 2 heterocycles. The molecule has 0 aliphatic carbocycles. The molecule has 2 aromatic rings. The Balaban J connectivity index is 1.65. The Kier molecular flexibility index (Phi) is 4.89. The number of nitrogens with one attached hydrogen (secondary N) is 1. The minimum absolute atomic E-state index is 0.0826. The Bertz CT molecular complexity index is 729. The molecule has 1 atom stereocenters. The fraction of sp³-hybridized carbons (Fsp3) is 0.294. The SMILES string of the molecule is O=C(Nc1cc(F)cc(F)c1)C1CCCN(C(=O)c2cccs2)C1. The number of carbonyl (C=O) groups excluding carboxylic acids is 2. The second-order valence-corrected chi connectivity index (χ2v) is 6.66. The molecular weight excluding hydrogens is 334 g/mol. The van der Waals surface area contributed by atoms with E-state index in [0.717, 1.165) is 18.2 Å². The van der Waals surface area contributed by atoms with Gasteiger partial charge in [0.1, 0.15) is 11.6 Å². The number of likely N-dealkylation sites (tertiary alicyclic amines) is 1. The van der Waals surface area contributed by atoms with Gasteiger partial charge in [0, 0.05) is 24.8 Å². The lowest BCUT2D eigenvalue weighted by Crippen LogP contribution is -2.43. The number of carbonyl (C=O) groups is 2. The van der Waals surface area contributed by atoms with Crippen LogP contribution in [-0.2, 0) is 4.79 Å². The molecule has 0 bridgehead atoms. The summed E-state index contributed by atoms with van der Waals surface area (Å²) in [7, 11) is 0. The largest absolute Gasteiger partial charge is 0.337 e. The molecule has 1 aromatic carbocycles. The van der Waals surface area contributed by atoms with Crippen molar-refractivity contribution in [1.29, 1.82) is 0 Å². The zero-order valence-electron chi connectivity index (χ0n) is 12.8. The summed E-state index contributed by atoms with van der Waals surface area (Å²) in [6.45, 7) is 0.912. The van der Waals surface area contributed by atoms with Gasteiger partial charge in [-0.05, 0) is 36.4 Å². The number of amides is 2. The first kappa shape index (κ1) is 16.6. The predicted molar refractivity (Wildman–Crippen MR) is 87.9 cm³/mol. The molecule has 1 aromatic heterocycles. The summed E-state index contributed by atoms with van der Waals surface area (Å²) in [4.78, 5) is 27.0. The van der Waals surface area contributed by atoms with Crippen molar-refractivity contribution in [2.75, 3.05) is 18.4 Å². The Morgan fingerprint density at radius 3 is 2.62 bits per heavy atom. The number of anilines is 1. The van der Waals surface area contributed by atoms with E-state index >= 15 is 0 Å². The first-order chi connectivity index (χ1) is 11.5. The van der Waals surface area contributed by atoms with Crippen LogP contribution in [0.1, 0.15) is 22.5 Å². The number of rotatable bonds is 3. The number of hydrogen-bond donors (Lipinski definition) is 1. The number of nitrogens with zero attached hydrogens (tertiary/aromatic N) is 1. The normalized spacial score (nSPS) is 17.6. The average molecular weight is 350 g/mol. The van der Waals surface area contributed by atoms with Crippen molar-refractivity contribution in [3.8, 4) is 0 Å². The average Bonchev–Trinajstić information content (AvgIpc) is 3.07. The molecule has 2 amide bonds. The van der Waals surface area contributed by atoms with E-state index in [2.05, 4.69) is 5.32 Å². The smallest absolute Gasteiger partial charge is 0.263 e. The third-order valence-electron chi connectivity index (χ3n) is 3.94. The van der Waals surface area contributed by atoms with E-state index in [1.807, 2.05) is 11.4 Å². The monoisotopic (exact) mass is 350 g/mol. The molecular formula is C17H16F2N2O2S. The van der Waals surface area contributed by atoms with Crippen LogP contribution < -0.4 is 5.32 Å². The summed E-state index contributed by atoms with van der Waals surface area (Å²) in [5.41, 5.74) is 0.0826. The molecule has 1 aliphatic rings. The quantitative estimate of drug-likeness (QED) is 0.921. The van der Waals surface area contributed by atoms with Gasteiger partial charge in [0.2, 0.25) is 5.91 Å². The molecule has 24 heavy (non-hydrogen) atoms. The zero-order chi connectivity index (χ0) is 17.1. The highest BCUT2D eigenvalue weighted by Gasteiger charge is 2.29. The van der Waals surface area contributed by atoms with Crippen molar-refractivity contribution in [2.24, 2.45) is 5.92 Å². The number of piperidine rings is 1. The summed E-state index contributed by atoms with van der Waals surface area (Å²) in [6, 6.07) is 6.45. The van der Waals surface area contributed by atoms with E-state index in [1.54, 1.807) is 11.0 Å². The van der Waals surface area contributed by atoms with E-state index < -0.39 is 17.6 Å². The Morgan fingerprint density at radius 2 is 1.96 bits per heavy atom. The molecule has 7 heteroatoms. The highest BCUT2D eigenvalue weighted by molar-refractivity contribution is 7.12. The molecule has 1 aliphatic heterocycles. The Labute approximate surface area is 142 Å². The van der Waals surface area contributed by atoms with E-state index in [1.165, 1.54) is 11.3 Å². The first-order valence-corrected chi connectivity index (χ1v) is 8.50. The van der Waals surface area contributed by atoms with E-state index in [4.69, 9.17) is 0 Å². The lowest BCUT2D eigenvalue weighted by molar-refractivity contribution is -0.121. The first-order valence-electron chi connectivity index (χ1n) is 7.62. The second-order valence-electron chi connectivity index (χ2n) is 5.71. The number of benzene rings is 1. The van der Waals surface area contributed by atoms with Gasteiger partial charge in [0.25, 0.3) is 5.91 Å². The van der Waals surface area contributed by atoms with Gasteiger partial charge in [-0.2, -0.15) is 0 Å². The fourth-order valence-electron chi connectivity index (χ4n) is 2.80. The number of halogens is 2. The lowest BCUT2D eigenvalue weighted by atomic mass is 9.97. The molecule has 0 spiro atoms. The molecule has 4 nitrogen and oxygen atoms in total. The summed E-state index contributed by atoms with van der Waals surface area (Å²) in [5.74, 6) is -2.30. The van der Waals surface area contributed by atoms with Crippen molar-refractivity contribution in [2.45, 2.75) is 12.8 Å². The highest BCUT2D eigenvalue weighted by Crippen LogP contribution is 2.22. The minimum Gasteiger partial charge on any atom is -0.337 e. The van der Waals surface area contributed by atoms with Crippen LogP contribution in [-0.4, -0.2) is 29.8 Å². The van der Waals surface area contributed by atoms with Crippen LogP contribution in [0.15, 0.2) is 35.7 Å². The van der Waals surface area contributed by atoms with Crippen LogP contribution in [0.2, 0.25) is 0 Å². The molecule has 1 fully saturated rings. The van der Waals surface area contributed by atoms with Crippen LogP contribution in [0.5, 0.6) is 0 Å². The van der Waals surface area contributed by atoms with Crippen LogP contribution in [0.4, 0.5) is 14.5 Å².